The lowest BCUT2D eigenvalue weighted by molar-refractivity contribution is -0.274. The zero-order valence-corrected chi connectivity index (χ0v) is 14.4. The molecule has 8 heteroatoms. The predicted octanol–water partition coefficient (Wildman–Crippen LogP) is 4.44. The van der Waals surface area contributed by atoms with Gasteiger partial charge in [0.05, 0.1) is 0 Å². The van der Waals surface area contributed by atoms with Crippen molar-refractivity contribution in [3.63, 3.8) is 0 Å². The second kappa shape index (κ2) is 7.41. The monoisotopic (exact) mass is 360 g/mol. The summed E-state index contributed by atoms with van der Waals surface area (Å²) in [7, 11) is 0. The molecule has 0 aromatic heterocycles. The first-order valence-corrected chi connectivity index (χ1v) is 8.12. The van der Waals surface area contributed by atoms with Gasteiger partial charge in [-0.05, 0) is 64.3 Å². The molecular formula is C17H23F3N2O3. The Balaban J connectivity index is 1.80. The van der Waals surface area contributed by atoms with E-state index in [1.807, 2.05) is 0 Å². The largest absolute Gasteiger partial charge is 0.573 e. The van der Waals surface area contributed by atoms with Crippen LogP contribution in [-0.2, 0) is 4.74 Å². The number of anilines is 1. The molecular weight excluding hydrogens is 337 g/mol. The number of amides is 1. The molecule has 2 atom stereocenters. The average Bonchev–Trinajstić information content (AvgIpc) is 2.84. The molecule has 5 nitrogen and oxygen atoms in total. The van der Waals surface area contributed by atoms with E-state index in [1.54, 1.807) is 20.8 Å². The van der Waals surface area contributed by atoms with Crippen molar-refractivity contribution in [1.82, 2.24) is 5.32 Å². The summed E-state index contributed by atoms with van der Waals surface area (Å²) in [6, 6.07) is 5.75. The number of ether oxygens (including phenoxy) is 2. The summed E-state index contributed by atoms with van der Waals surface area (Å²) in [4.78, 5) is 11.8. The fourth-order valence-electron chi connectivity index (χ4n) is 2.71. The van der Waals surface area contributed by atoms with E-state index >= 15 is 0 Å². The van der Waals surface area contributed by atoms with Crippen LogP contribution in [0.15, 0.2) is 24.3 Å². The number of rotatable bonds is 4. The van der Waals surface area contributed by atoms with E-state index in [1.165, 1.54) is 24.3 Å². The minimum atomic E-state index is -4.69. The second-order valence-electron chi connectivity index (χ2n) is 7.07. The molecule has 1 aliphatic carbocycles. The third kappa shape index (κ3) is 7.11. The molecule has 0 aliphatic heterocycles. The highest BCUT2D eigenvalue weighted by Crippen LogP contribution is 2.27. The molecule has 25 heavy (non-hydrogen) atoms. The summed E-state index contributed by atoms with van der Waals surface area (Å²) >= 11 is 0. The van der Waals surface area contributed by atoms with Crippen LogP contribution < -0.4 is 15.4 Å². The number of benzene rings is 1. The smallest absolute Gasteiger partial charge is 0.444 e. The number of carbonyl (C=O) groups is 1. The Hall–Kier alpha value is -2.12. The van der Waals surface area contributed by atoms with Gasteiger partial charge in [0.1, 0.15) is 11.4 Å². The highest BCUT2D eigenvalue weighted by atomic mass is 19.4. The molecule has 2 rings (SSSR count). The summed E-state index contributed by atoms with van der Waals surface area (Å²) < 4.78 is 45.5. The first kappa shape index (κ1) is 19.2. The Morgan fingerprint density at radius 2 is 1.68 bits per heavy atom. The van der Waals surface area contributed by atoms with Gasteiger partial charge in [0, 0.05) is 17.8 Å². The van der Waals surface area contributed by atoms with E-state index in [2.05, 4.69) is 15.4 Å². The van der Waals surface area contributed by atoms with Gasteiger partial charge in [-0.25, -0.2) is 4.79 Å². The number of hydrogen-bond acceptors (Lipinski definition) is 4. The lowest BCUT2D eigenvalue weighted by atomic mass is 10.2. The highest BCUT2D eigenvalue weighted by Gasteiger charge is 2.31. The van der Waals surface area contributed by atoms with Crippen LogP contribution in [0.1, 0.15) is 40.0 Å². The molecule has 140 valence electrons. The van der Waals surface area contributed by atoms with Crippen LogP contribution >= 0.6 is 0 Å². The molecule has 2 N–H and O–H groups in total. The van der Waals surface area contributed by atoms with Gasteiger partial charge in [0.2, 0.25) is 0 Å². The highest BCUT2D eigenvalue weighted by molar-refractivity contribution is 5.68. The van der Waals surface area contributed by atoms with Crippen molar-refractivity contribution < 1.29 is 27.4 Å². The lowest BCUT2D eigenvalue weighted by Gasteiger charge is -2.22. The molecule has 1 saturated carbocycles. The van der Waals surface area contributed by atoms with E-state index in [0.29, 0.717) is 5.69 Å². The predicted molar refractivity (Wildman–Crippen MR) is 87.5 cm³/mol. The van der Waals surface area contributed by atoms with Crippen molar-refractivity contribution in [2.75, 3.05) is 5.32 Å². The van der Waals surface area contributed by atoms with E-state index in [-0.39, 0.29) is 17.8 Å². The van der Waals surface area contributed by atoms with E-state index in [0.717, 1.165) is 19.3 Å². The van der Waals surface area contributed by atoms with E-state index in [4.69, 9.17) is 4.74 Å². The Labute approximate surface area is 144 Å². The van der Waals surface area contributed by atoms with Gasteiger partial charge >= 0.3 is 12.5 Å². The third-order valence-corrected chi connectivity index (χ3v) is 3.61. The minimum absolute atomic E-state index is 0.0141. The summed E-state index contributed by atoms with van der Waals surface area (Å²) in [6.07, 6.45) is -2.75. The Morgan fingerprint density at radius 1 is 1.08 bits per heavy atom. The number of nitrogens with one attached hydrogen (secondary N) is 2. The van der Waals surface area contributed by atoms with Crippen LogP contribution in [0.5, 0.6) is 5.75 Å². The van der Waals surface area contributed by atoms with Gasteiger partial charge in [-0.3, -0.25) is 0 Å². The molecule has 0 heterocycles. The lowest BCUT2D eigenvalue weighted by Crippen LogP contribution is -2.38. The fourth-order valence-corrected chi connectivity index (χ4v) is 2.71. The van der Waals surface area contributed by atoms with Crippen LogP contribution in [0.4, 0.5) is 23.7 Å². The standard InChI is InChI=1S/C17H23F3N2O3/c1-16(2,3)25-15(23)22-13-5-4-12(10-13)21-11-6-8-14(9-7-11)24-17(18,19)20/h6-9,12-13,21H,4-5,10H2,1-3H3,(H,22,23). The van der Waals surface area contributed by atoms with Crippen LogP contribution in [-0.4, -0.2) is 30.1 Å². The Morgan fingerprint density at radius 3 is 2.24 bits per heavy atom. The maximum absolute atomic E-state index is 12.1. The molecule has 1 aromatic carbocycles. The molecule has 0 radical (unpaired) electrons. The topological polar surface area (TPSA) is 59.6 Å². The van der Waals surface area contributed by atoms with Crippen molar-refractivity contribution in [2.24, 2.45) is 0 Å². The first-order valence-electron chi connectivity index (χ1n) is 8.12. The van der Waals surface area contributed by atoms with Crippen molar-refractivity contribution in [3.8, 4) is 5.75 Å². The van der Waals surface area contributed by atoms with Gasteiger partial charge in [0.15, 0.2) is 0 Å². The van der Waals surface area contributed by atoms with E-state index < -0.39 is 18.1 Å². The number of alkyl halides is 3. The van der Waals surface area contributed by atoms with Gasteiger partial charge in [-0.1, -0.05) is 0 Å². The Kier molecular flexibility index (Phi) is 5.69. The fraction of sp³-hybridized carbons (Fsp3) is 0.588. The molecule has 1 amide bonds. The first-order chi connectivity index (χ1) is 11.5. The number of hydrogen-bond donors (Lipinski definition) is 2. The number of halogens is 3. The molecule has 1 aromatic rings. The maximum Gasteiger partial charge on any atom is 0.573 e. The van der Waals surface area contributed by atoms with Crippen LogP contribution in [0, 0.1) is 0 Å². The number of carbonyl (C=O) groups excluding carboxylic acids is 1. The van der Waals surface area contributed by atoms with Crippen LogP contribution in [0.2, 0.25) is 0 Å². The van der Waals surface area contributed by atoms with Crippen molar-refractivity contribution in [1.29, 1.82) is 0 Å². The minimum Gasteiger partial charge on any atom is -0.444 e. The number of alkyl carbamates (subject to hydrolysis) is 1. The third-order valence-electron chi connectivity index (χ3n) is 3.61. The quantitative estimate of drug-likeness (QED) is 0.833. The zero-order valence-electron chi connectivity index (χ0n) is 14.4. The zero-order chi connectivity index (χ0) is 18.7. The van der Waals surface area contributed by atoms with E-state index in [9.17, 15) is 18.0 Å². The normalized spacial score (nSPS) is 20.9. The SMILES string of the molecule is CC(C)(C)OC(=O)NC1CCC(Nc2ccc(OC(F)(F)F)cc2)C1. The summed E-state index contributed by atoms with van der Waals surface area (Å²) in [5.41, 5.74) is 0.165. The maximum atomic E-state index is 12.1. The van der Waals surface area contributed by atoms with Gasteiger partial charge in [-0.2, -0.15) is 0 Å². The molecule has 1 fully saturated rings. The van der Waals surface area contributed by atoms with Crippen molar-refractivity contribution in [3.05, 3.63) is 24.3 Å². The summed E-state index contributed by atoms with van der Waals surface area (Å²) in [5, 5.41) is 6.09. The average molecular weight is 360 g/mol. The van der Waals surface area contributed by atoms with Crippen molar-refractivity contribution in [2.45, 2.75) is 64.1 Å². The molecule has 1 aliphatic rings. The summed E-state index contributed by atoms with van der Waals surface area (Å²) in [6.45, 7) is 5.41. The molecule has 0 saturated heterocycles. The van der Waals surface area contributed by atoms with Crippen LogP contribution in [0.3, 0.4) is 0 Å². The molecule has 0 spiro atoms. The van der Waals surface area contributed by atoms with Crippen LogP contribution in [0.25, 0.3) is 0 Å². The Bertz CT molecular complexity index is 582. The molecule has 2 unspecified atom stereocenters. The second-order valence-corrected chi connectivity index (χ2v) is 7.07. The van der Waals surface area contributed by atoms with Gasteiger partial charge in [0.25, 0.3) is 0 Å². The summed E-state index contributed by atoms with van der Waals surface area (Å²) in [5.74, 6) is -0.256. The molecule has 0 bridgehead atoms. The van der Waals surface area contributed by atoms with Gasteiger partial charge < -0.3 is 20.1 Å². The van der Waals surface area contributed by atoms with Crippen molar-refractivity contribution >= 4 is 11.8 Å². The van der Waals surface area contributed by atoms with Gasteiger partial charge in [-0.15, -0.1) is 13.2 Å².